The van der Waals surface area contributed by atoms with Crippen molar-refractivity contribution in [2.45, 2.75) is 18.0 Å². The molecule has 15 heteroatoms. The summed E-state index contributed by atoms with van der Waals surface area (Å²) in [5.74, 6) is -2.69. The second kappa shape index (κ2) is 9.65. The van der Waals surface area contributed by atoms with Gasteiger partial charge in [-0.2, -0.15) is 23.4 Å². The molecule has 0 radical (unpaired) electrons. The minimum absolute atomic E-state index is 0.00639. The first-order valence-electron chi connectivity index (χ1n) is 9.42. The largest absolute Gasteiger partial charge is 0.478 e. The van der Waals surface area contributed by atoms with Crippen LogP contribution >= 0.6 is 0 Å². The quantitative estimate of drug-likeness (QED) is 0.168. The maximum absolute atomic E-state index is 11.3. The van der Waals surface area contributed by atoms with E-state index in [1.54, 1.807) is 6.92 Å². The number of nitrogens with one attached hydrogen (secondary N) is 3. The molecule has 3 rings (SSSR count). The Labute approximate surface area is 192 Å². The number of benzene rings is 2. The van der Waals surface area contributed by atoms with Crippen molar-refractivity contribution in [2.24, 2.45) is 5.73 Å². The van der Waals surface area contributed by atoms with Crippen LogP contribution in [0.15, 0.2) is 47.4 Å². The molecule has 1 heterocycles. The summed E-state index contributed by atoms with van der Waals surface area (Å²) in [4.78, 5) is 34.8. The molecule has 178 valence electrons. The number of aromatic nitrogens is 3. The number of hydrogen-bond donors (Lipinski definition) is 7. The Hall–Kier alpha value is -4.34. The van der Waals surface area contributed by atoms with Gasteiger partial charge >= 0.3 is 11.9 Å². The molecule has 0 aliphatic carbocycles. The van der Waals surface area contributed by atoms with Crippen molar-refractivity contribution in [1.29, 1.82) is 0 Å². The zero-order chi connectivity index (χ0) is 25.0. The standard InChI is InChI=1S/C19H19N7O7S/c1-9(20)21-17-24-18(22-12-2-4-14(5-3-12)34(31,32)33)26-19(25-17)23-13-7-10(15(27)28)6-11(8-13)16(29)30/h2-9H,20H2,1H3,(H,27,28)(H,29,30)(H,31,32,33)(H3,21,22,23,24,25,26). The number of rotatable bonds is 9. The lowest BCUT2D eigenvalue weighted by atomic mass is 10.1. The van der Waals surface area contributed by atoms with Crippen molar-refractivity contribution in [3.05, 3.63) is 53.6 Å². The highest BCUT2D eigenvalue weighted by atomic mass is 32.2. The summed E-state index contributed by atoms with van der Waals surface area (Å²) < 4.78 is 31.5. The second-order valence-electron chi connectivity index (χ2n) is 6.90. The molecular weight excluding hydrogens is 470 g/mol. The first kappa shape index (κ1) is 24.3. The summed E-state index contributed by atoms with van der Waals surface area (Å²) in [5, 5.41) is 26.9. The Morgan fingerprint density at radius 3 is 1.76 bits per heavy atom. The summed E-state index contributed by atoms with van der Waals surface area (Å²) in [6.45, 7) is 1.63. The van der Waals surface area contributed by atoms with E-state index in [1.807, 2.05) is 0 Å². The van der Waals surface area contributed by atoms with Gasteiger partial charge in [0.05, 0.1) is 22.2 Å². The van der Waals surface area contributed by atoms with E-state index in [4.69, 9.17) is 10.3 Å². The van der Waals surface area contributed by atoms with Crippen molar-refractivity contribution in [2.75, 3.05) is 16.0 Å². The Balaban J connectivity index is 1.96. The molecule has 0 spiro atoms. The van der Waals surface area contributed by atoms with Crippen LogP contribution in [0.5, 0.6) is 0 Å². The monoisotopic (exact) mass is 489 g/mol. The number of hydrogen-bond acceptors (Lipinski definition) is 11. The molecule has 2 aromatic carbocycles. The van der Waals surface area contributed by atoms with Crippen molar-refractivity contribution in [3.8, 4) is 0 Å². The van der Waals surface area contributed by atoms with E-state index < -0.39 is 28.2 Å². The lowest BCUT2D eigenvalue weighted by molar-refractivity contribution is 0.0696. The van der Waals surface area contributed by atoms with Gasteiger partial charge in [0.1, 0.15) is 0 Å². The SMILES string of the molecule is CC(N)Nc1nc(Nc2ccc(S(=O)(=O)O)cc2)nc(Nc2cc(C(=O)O)cc(C(=O)O)c2)n1. The van der Waals surface area contributed by atoms with Crippen LogP contribution in [0, 0.1) is 0 Å². The molecular formula is C19H19N7O7S. The van der Waals surface area contributed by atoms with E-state index in [2.05, 4.69) is 30.9 Å². The number of carboxylic acid groups (broad SMARTS) is 2. The zero-order valence-electron chi connectivity index (χ0n) is 17.4. The number of nitrogens with zero attached hydrogens (tertiary/aromatic N) is 3. The summed E-state index contributed by atoms with van der Waals surface area (Å²) in [5.41, 5.74) is 5.68. The number of carboxylic acids is 2. The lowest BCUT2D eigenvalue weighted by Crippen LogP contribution is -2.26. The third-order valence-corrected chi connectivity index (χ3v) is 4.95. The van der Waals surface area contributed by atoms with Crippen LogP contribution in [-0.4, -0.2) is 56.2 Å². The average molecular weight is 489 g/mol. The highest BCUT2D eigenvalue weighted by Gasteiger charge is 2.14. The summed E-state index contributed by atoms with van der Waals surface area (Å²) in [6, 6.07) is 8.50. The van der Waals surface area contributed by atoms with Crippen molar-refractivity contribution < 1.29 is 32.8 Å². The average Bonchev–Trinajstić information content (AvgIpc) is 2.72. The maximum Gasteiger partial charge on any atom is 0.335 e. The Bertz CT molecular complexity index is 1310. The van der Waals surface area contributed by atoms with Gasteiger partial charge in [-0.25, -0.2) is 9.59 Å². The molecule has 0 fully saturated rings. The van der Waals surface area contributed by atoms with Crippen LogP contribution in [0.4, 0.5) is 29.2 Å². The molecule has 0 aliphatic rings. The molecule has 0 amide bonds. The first-order chi connectivity index (χ1) is 15.9. The third-order valence-electron chi connectivity index (χ3n) is 4.08. The normalized spacial score (nSPS) is 12.0. The van der Waals surface area contributed by atoms with Gasteiger partial charge in [0.2, 0.25) is 17.8 Å². The molecule has 34 heavy (non-hydrogen) atoms. The summed E-state index contributed by atoms with van der Waals surface area (Å²) in [6.07, 6.45) is -0.550. The van der Waals surface area contributed by atoms with E-state index in [9.17, 15) is 28.2 Å². The zero-order valence-corrected chi connectivity index (χ0v) is 18.2. The number of anilines is 5. The molecule has 1 atom stereocenters. The van der Waals surface area contributed by atoms with Gasteiger partial charge in [-0.1, -0.05) is 0 Å². The van der Waals surface area contributed by atoms with Gasteiger partial charge in [-0.15, -0.1) is 0 Å². The van der Waals surface area contributed by atoms with Crippen LogP contribution in [-0.2, 0) is 10.1 Å². The van der Waals surface area contributed by atoms with Gasteiger partial charge in [0, 0.05) is 11.4 Å². The molecule has 3 aromatic rings. The van der Waals surface area contributed by atoms with Crippen molar-refractivity contribution in [1.82, 2.24) is 15.0 Å². The van der Waals surface area contributed by atoms with Crippen molar-refractivity contribution >= 4 is 51.3 Å². The van der Waals surface area contributed by atoms with E-state index in [0.717, 1.165) is 6.07 Å². The fourth-order valence-electron chi connectivity index (χ4n) is 2.67. The molecule has 1 unspecified atom stereocenters. The third kappa shape index (κ3) is 6.35. The maximum atomic E-state index is 11.3. The lowest BCUT2D eigenvalue weighted by Gasteiger charge is -2.13. The van der Waals surface area contributed by atoms with Crippen LogP contribution in [0.1, 0.15) is 27.6 Å². The fourth-order valence-corrected chi connectivity index (χ4v) is 3.15. The van der Waals surface area contributed by atoms with E-state index in [0.29, 0.717) is 5.69 Å². The Morgan fingerprint density at radius 1 is 0.853 bits per heavy atom. The van der Waals surface area contributed by atoms with Gasteiger partial charge in [-0.05, 0) is 49.4 Å². The predicted octanol–water partition coefficient (Wildman–Crippen LogP) is 1.72. The smallest absolute Gasteiger partial charge is 0.335 e. The topological polar surface area (TPSA) is 230 Å². The number of carbonyl (C=O) groups is 2. The molecule has 0 bridgehead atoms. The van der Waals surface area contributed by atoms with Crippen LogP contribution in [0.3, 0.4) is 0 Å². The minimum Gasteiger partial charge on any atom is -0.478 e. The fraction of sp³-hybridized carbons (Fsp3) is 0.105. The minimum atomic E-state index is -4.36. The van der Waals surface area contributed by atoms with E-state index >= 15 is 0 Å². The molecule has 0 saturated heterocycles. The van der Waals surface area contributed by atoms with Gasteiger partial charge in [0.25, 0.3) is 10.1 Å². The molecule has 14 nitrogen and oxygen atoms in total. The van der Waals surface area contributed by atoms with Crippen LogP contribution in [0.25, 0.3) is 0 Å². The van der Waals surface area contributed by atoms with Crippen LogP contribution < -0.4 is 21.7 Å². The van der Waals surface area contributed by atoms with E-state index in [-0.39, 0.29) is 39.6 Å². The van der Waals surface area contributed by atoms with Crippen LogP contribution in [0.2, 0.25) is 0 Å². The van der Waals surface area contributed by atoms with Gasteiger partial charge in [-0.3, -0.25) is 4.55 Å². The first-order valence-corrected chi connectivity index (χ1v) is 10.9. The molecule has 0 saturated carbocycles. The summed E-state index contributed by atoms with van der Waals surface area (Å²) in [7, 11) is -4.36. The Morgan fingerprint density at radius 2 is 1.32 bits per heavy atom. The number of nitrogens with two attached hydrogens (primary N) is 1. The van der Waals surface area contributed by atoms with Crippen molar-refractivity contribution in [3.63, 3.8) is 0 Å². The molecule has 0 aliphatic heterocycles. The number of aromatic carboxylic acids is 2. The van der Waals surface area contributed by atoms with Gasteiger partial charge in [0.15, 0.2) is 0 Å². The Kier molecular flexibility index (Phi) is 6.90. The van der Waals surface area contributed by atoms with E-state index in [1.165, 1.54) is 36.4 Å². The second-order valence-corrected chi connectivity index (χ2v) is 8.32. The summed E-state index contributed by atoms with van der Waals surface area (Å²) >= 11 is 0. The predicted molar refractivity (Wildman–Crippen MR) is 120 cm³/mol. The highest BCUT2D eigenvalue weighted by molar-refractivity contribution is 7.85. The molecule has 1 aromatic heterocycles. The van der Waals surface area contributed by atoms with Gasteiger partial charge < -0.3 is 31.9 Å². The molecule has 8 N–H and O–H groups in total. The highest BCUT2D eigenvalue weighted by Crippen LogP contribution is 2.22.